The van der Waals surface area contributed by atoms with Crippen molar-refractivity contribution in [1.29, 1.82) is 0 Å². The minimum absolute atomic E-state index is 0.452. The Labute approximate surface area is 81.6 Å². The van der Waals surface area contributed by atoms with Gasteiger partial charge >= 0.3 is 5.69 Å². The molecule has 1 rings (SSSR count). The van der Waals surface area contributed by atoms with E-state index in [0.29, 0.717) is 6.20 Å². The summed E-state index contributed by atoms with van der Waals surface area (Å²) in [5.74, 6) is -2.00. The lowest BCUT2D eigenvalue weighted by Gasteiger charge is -2.05. The van der Waals surface area contributed by atoms with Crippen LogP contribution in [0.5, 0.6) is 5.75 Å². The largest absolute Gasteiger partial charge is 0.488 e. The molecule has 0 N–H and O–H groups in total. The second kappa shape index (κ2) is 4.11. The first-order valence-corrected chi connectivity index (χ1v) is 3.64. The SMILES string of the molecule is COc1c(F)cnc(C(F)F)c1[N+](=O)[O-]. The highest BCUT2D eigenvalue weighted by atomic mass is 19.3. The summed E-state index contributed by atoms with van der Waals surface area (Å²) in [5, 5.41) is 10.4. The van der Waals surface area contributed by atoms with Crippen LogP contribution in [0.3, 0.4) is 0 Å². The fraction of sp³-hybridized carbons (Fsp3) is 0.286. The number of alkyl halides is 2. The maximum absolute atomic E-state index is 12.9. The van der Waals surface area contributed by atoms with Crippen molar-refractivity contribution in [1.82, 2.24) is 4.98 Å². The van der Waals surface area contributed by atoms with Gasteiger partial charge in [0.1, 0.15) is 0 Å². The lowest BCUT2D eigenvalue weighted by molar-refractivity contribution is -0.387. The smallest absolute Gasteiger partial charge is 0.341 e. The first-order chi connectivity index (χ1) is 6.99. The number of rotatable bonds is 3. The molecule has 0 unspecified atom stereocenters. The molecule has 0 aliphatic heterocycles. The predicted octanol–water partition coefficient (Wildman–Crippen LogP) is 2.08. The van der Waals surface area contributed by atoms with Crippen molar-refractivity contribution in [3.05, 3.63) is 27.8 Å². The molecule has 0 fully saturated rings. The van der Waals surface area contributed by atoms with E-state index in [0.717, 1.165) is 7.11 Å². The molecule has 0 bridgehead atoms. The van der Waals surface area contributed by atoms with Crippen LogP contribution in [0.1, 0.15) is 12.1 Å². The number of halogens is 3. The standard InChI is InChI=1S/C7H5F3N2O3/c1-15-6-3(8)2-11-4(7(9)10)5(6)12(13)14/h2,7H,1H3. The van der Waals surface area contributed by atoms with Gasteiger partial charge in [-0.15, -0.1) is 0 Å². The molecule has 0 atom stereocenters. The third kappa shape index (κ3) is 1.97. The fourth-order valence-electron chi connectivity index (χ4n) is 1.01. The van der Waals surface area contributed by atoms with E-state index < -0.39 is 34.3 Å². The van der Waals surface area contributed by atoms with Gasteiger partial charge in [0.2, 0.25) is 5.75 Å². The molecule has 0 aromatic carbocycles. The lowest BCUT2D eigenvalue weighted by Crippen LogP contribution is -2.04. The van der Waals surface area contributed by atoms with Gasteiger partial charge in [-0.1, -0.05) is 0 Å². The van der Waals surface area contributed by atoms with Gasteiger partial charge < -0.3 is 4.74 Å². The van der Waals surface area contributed by atoms with Crippen LogP contribution < -0.4 is 4.74 Å². The molecule has 1 heterocycles. The van der Waals surface area contributed by atoms with Crippen molar-refractivity contribution in [2.75, 3.05) is 7.11 Å². The summed E-state index contributed by atoms with van der Waals surface area (Å²) < 4.78 is 41.8. The molecule has 15 heavy (non-hydrogen) atoms. The van der Waals surface area contributed by atoms with Crippen molar-refractivity contribution in [2.45, 2.75) is 6.43 Å². The summed E-state index contributed by atoms with van der Waals surface area (Å²) in [4.78, 5) is 12.2. The summed E-state index contributed by atoms with van der Waals surface area (Å²) in [7, 11) is 0.945. The summed E-state index contributed by atoms with van der Waals surface area (Å²) in [5.41, 5.74) is -2.26. The molecule has 0 amide bonds. The van der Waals surface area contributed by atoms with Gasteiger partial charge in [-0.3, -0.25) is 10.1 Å². The Kier molecular flexibility index (Phi) is 3.08. The number of nitrogens with zero attached hydrogens (tertiary/aromatic N) is 2. The molecule has 82 valence electrons. The molecule has 0 saturated heterocycles. The highest BCUT2D eigenvalue weighted by molar-refractivity contribution is 5.50. The van der Waals surface area contributed by atoms with Crippen LogP contribution in [0.25, 0.3) is 0 Å². The Hall–Kier alpha value is -1.86. The van der Waals surface area contributed by atoms with Gasteiger partial charge in [0.05, 0.1) is 18.2 Å². The second-order valence-corrected chi connectivity index (χ2v) is 2.43. The molecule has 1 aromatic rings. The number of nitro groups is 1. The lowest BCUT2D eigenvalue weighted by atomic mass is 10.2. The van der Waals surface area contributed by atoms with Crippen molar-refractivity contribution < 1.29 is 22.8 Å². The molecule has 8 heteroatoms. The van der Waals surface area contributed by atoms with Gasteiger partial charge in [0.15, 0.2) is 11.5 Å². The number of methoxy groups -OCH3 is 1. The molecular weight excluding hydrogens is 217 g/mol. The van der Waals surface area contributed by atoms with E-state index in [4.69, 9.17) is 0 Å². The third-order valence-electron chi connectivity index (χ3n) is 1.58. The fourth-order valence-corrected chi connectivity index (χ4v) is 1.01. The van der Waals surface area contributed by atoms with Crippen LogP contribution in [-0.2, 0) is 0 Å². The zero-order valence-corrected chi connectivity index (χ0v) is 7.41. The highest BCUT2D eigenvalue weighted by Crippen LogP contribution is 2.36. The predicted molar refractivity (Wildman–Crippen MR) is 42.4 cm³/mol. The number of pyridine rings is 1. The first kappa shape index (κ1) is 11.2. The Balaban J connectivity index is 3.49. The molecule has 0 spiro atoms. The van der Waals surface area contributed by atoms with Gasteiger partial charge in [-0.05, 0) is 0 Å². The van der Waals surface area contributed by atoms with Gasteiger partial charge in [-0.25, -0.2) is 18.2 Å². The molecule has 0 aliphatic rings. The van der Waals surface area contributed by atoms with Gasteiger partial charge in [-0.2, -0.15) is 0 Å². The maximum Gasteiger partial charge on any atom is 0.341 e. The third-order valence-corrected chi connectivity index (χ3v) is 1.58. The van der Waals surface area contributed by atoms with E-state index in [1.165, 1.54) is 0 Å². The van der Waals surface area contributed by atoms with Crippen LogP contribution in [0.4, 0.5) is 18.9 Å². The number of hydrogen-bond acceptors (Lipinski definition) is 4. The molecule has 0 aliphatic carbocycles. The Morgan fingerprint density at radius 2 is 2.20 bits per heavy atom. The molecule has 0 saturated carbocycles. The highest BCUT2D eigenvalue weighted by Gasteiger charge is 2.31. The zero-order valence-electron chi connectivity index (χ0n) is 7.41. The van der Waals surface area contributed by atoms with E-state index in [-0.39, 0.29) is 0 Å². The van der Waals surface area contributed by atoms with Crippen LogP contribution in [0.2, 0.25) is 0 Å². The Bertz CT molecular complexity index is 397. The summed E-state index contributed by atoms with van der Waals surface area (Å²) in [6.45, 7) is 0. The minimum Gasteiger partial charge on any atom is -0.488 e. The van der Waals surface area contributed by atoms with E-state index >= 15 is 0 Å². The van der Waals surface area contributed by atoms with E-state index in [2.05, 4.69) is 9.72 Å². The number of aromatic nitrogens is 1. The second-order valence-electron chi connectivity index (χ2n) is 2.43. The summed E-state index contributed by atoms with van der Waals surface area (Å²) in [6, 6.07) is 0. The van der Waals surface area contributed by atoms with Crippen molar-refractivity contribution >= 4 is 5.69 Å². The van der Waals surface area contributed by atoms with Crippen LogP contribution in [0, 0.1) is 15.9 Å². The summed E-state index contributed by atoms with van der Waals surface area (Å²) >= 11 is 0. The average molecular weight is 222 g/mol. The van der Waals surface area contributed by atoms with Crippen LogP contribution in [-0.4, -0.2) is 17.0 Å². The first-order valence-electron chi connectivity index (χ1n) is 3.64. The molecular formula is C7H5F3N2O3. The average Bonchev–Trinajstić information content (AvgIpc) is 2.16. The van der Waals surface area contributed by atoms with Crippen molar-refractivity contribution in [3.63, 3.8) is 0 Å². The van der Waals surface area contributed by atoms with Crippen LogP contribution in [0.15, 0.2) is 6.20 Å². The molecule has 0 radical (unpaired) electrons. The maximum atomic E-state index is 12.9. The minimum atomic E-state index is -3.17. The monoisotopic (exact) mass is 222 g/mol. The Morgan fingerprint density at radius 1 is 1.60 bits per heavy atom. The van der Waals surface area contributed by atoms with Gasteiger partial charge in [0.25, 0.3) is 6.43 Å². The quantitative estimate of drug-likeness (QED) is 0.580. The topological polar surface area (TPSA) is 65.3 Å². The van der Waals surface area contributed by atoms with E-state index in [9.17, 15) is 23.3 Å². The zero-order chi connectivity index (χ0) is 11.6. The Morgan fingerprint density at radius 3 is 2.60 bits per heavy atom. The van der Waals surface area contributed by atoms with Crippen LogP contribution >= 0.6 is 0 Å². The summed E-state index contributed by atoms with van der Waals surface area (Å²) in [6.07, 6.45) is -2.72. The van der Waals surface area contributed by atoms with Gasteiger partial charge in [0, 0.05) is 0 Å². The number of hydrogen-bond donors (Lipinski definition) is 0. The number of ether oxygens (including phenoxy) is 1. The van der Waals surface area contributed by atoms with E-state index in [1.54, 1.807) is 0 Å². The molecule has 1 aromatic heterocycles. The van der Waals surface area contributed by atoms with Crippen molar-refractivity contribution in [2.24, 2.45) is 0 Å². The normalized spacial score (nSPS) is 10.5. The van der Waals surface area contributed by atoms with E-state index in [1.807, 2.05) is 0 Å². The van der Waals surface area contributed by atoms with Crippen molar-refractivity contribution in [3.8, 4) is 5.75 Å². The molecule has 5 nitrogen and oxygen atoms in total.